The van der Waals surface area contributed by atoms with Gasteiger partial charge in [-0.3, -0.25) is 9.48 Å². The Morgan fingerprint density at radius 2 is 2.50 bits per heavy atom. The van der Waals surface area contributed by atoms with Crippen molar-refractivity contribution < 1.29 is 9.53 Å². The molecule has 6 nitrogen and oxygen atoms in total. The van der Waals surface area contributed by atoms with E-state index in [0.717, 1.165) is 6.54 Å². The molecule has 1 unspecified atom stereocenters. The highest BCUT2D eigenvalue weighted by Crippen LogP contribution is 2.06. The number of aryl methyl sites for hydroxylation is 1. The van der Waals surface area contributed by atoms with Crippen LogP contribution in [0.1, 0.15) is 6.42 Å². The van der Waals surface area contributed by atoms with Crippen LogP contribution in [0.5, 0.6) is 0 Å². The predicted octanol–water partition coefficient (Wildman–Crippen LogP) is -0.280. The van der Waals surface area contributed by atoms with Crippen molar-refractivity contribution >= 4 is 5.91 Å². The summed E-state index contributed by atoms with van der Waals surface area (Å²) in [7, 11) is 1.89. The van der Waals surface area contributed by atoms with E-state index in [-0.39, 0.29) is 12.0 Å². The largest absolute Gasteiger partial charge is 0.373 e. The van der Waals surface area contributed by atoms with Crippen LogP contribution < -0.4 is 5.32 Å². The first kappa shape index (κ1) is 13.0. The predicted molar refractivity (Wildman–Crippen MR) is 67.1 cm³/mol. The summed E-state index contributed by atoms with van der Waals surface area (Å²) in [6, 6.07) is 1.86. The van der Waals surface area contributed by atoms with E-state index in [2.05, 4.69) is 10.4 Å². The average molecular weight is 252 g/mol. The lowest BCUT2D eigenvalue weighted by atomic mass is 10.2. The maximum Gasteiger partial charge on any atom is 0.224 e. The van der Waals surface area contributed by atoms with Crippen molar-refractivity contribution in [3.8, 4) is 0 Å². The van der Waals surface area contributed by atoms with Gasteiger partial charge in [-0.25, -0.2) is 0 Å². The molecule has 1 amide bonds. The molecule has 100 valence electrons. The summed E-state index contributed by atoms with van der Waals surface area (Å²) in [4.78, 5) is 13.9. The first-order chi connectivity index (χ1) is 8.79. The SMILES string of the molecule is CNCC1CN(C(=O)CCn2cccn2)CCO1. The Morgan fingerprint density at radius 1 is 1.61 bits per heavy atom. The number of hydrogen-bond acceptors (Lipinski definition) is 4. The molecule has 1 aromatic rings. The van der Waals surface area contributed by atoms with Crippen LogP contribution >= 0.6 is 0 Å². The summed E-state index contributed by atoms with van der Waals surface area (Å²) in [5.41, 5.74) is 0. The summed E-state index contributed by atoms with van der Waals surface area (Å²) >= 11 is 0. The van der Waals surface area contributed by atoms with Crippen LogP contribution in [0.4, 0.5) is 0 Å². The molecule has 1 atom stereocenters. The highest BCUT2D eigenvalue weighted by molar-refractivity contribution is 5.76. The van der Waals surface area contributed by atoms with Gasteiger partial charge in [0, 0.05) is 45.0 Å². The van der Waals surface area contributed by atoms with Crippen LogP contribution in [0.15, 0.2) is 18.5 Å². The van der Waals surface area contributed by atoms with Gasteiger partial charge in [-0.05, 0) is 13.1 Å². The van der Waals surface area contributed by atoms with Gasteiger partial charge in [0.25, 0.3) is 0 Å². The Labute approximate surface area is 107 Å². The number of likely N-dealkylation sites (N-methyl/N-ethyl adjacent to an activating group) is 1. The van der Waals surface area contributed by atoms with Gasteiger partial charge in [-0.2, -0.15) is 5.10 Å². The maximum absolute atomic E-state index is 12.1. The third-order valence-electron chi connectivity index (χ3n) is 3.04. The van der Waals surface area contributed by atoms with Crippen molar-refractivity contribution in [2.75, 3.05) is 33.3 Å². The standard InChI is InChI=1S/C12H20N4O2/c1-13-9-11-10-15(7-8-18-11)12(17)3-6-16-5-2-4-14-16/h2,4-5,11,13H,3,6-10H2,1H3. The van der Waals surface area contributed by atoms with E-state index in [1.807, 2.05) is 24.2 Å². The fourth-order valence-electron chi connectivity index (χ4n) is 2.10. The fourth-order valence-corrected chi connectivity index (χ4v) is 2.10. The number of rotatable bonds is 5. The second-order valence-electron chi connectivity index (χ2n) is 4.41. The molecule has 1 aliphatic rings. The Balaban J connectivity index is 1.77. The van der Waals surface area contributed by atoms with Crippen LogP contribution in [-0.2, 0) is 16.1 Å². The van der Waals surface area contributed by atoms with Gasteiger partial charge >= 0.3 is 0 Å². The lowest BCUT2D eigenvalue weighted by molar-refractivity contribution is -0.138. The van der Waals surface area contributed by atoms with E-state index in [1.54, 1.807) is 10.9 Å². The second kappa shape index (κ2) is 6.51. The second-order valence-corrected chi connectivity index (χ2v) is 4.41. The molecule has 1 aromatic heterocycles. The molecule has 0 spiro atoms. The lowest BCUT2D eigenvalue weighted by Gasteiger charge is -2.33. The summed E-state index contributed by atoms with van der Waals surface area (Å²) in [6.45, 7) is 3.42. The number of carbonyl (C=O) groups excluding carboxylic acids is 1. The zero-order valence-corrected chi connectivity index (χ0v) is 10.7. The summed E-state index contributed by atoms with van der Waals surface area (Å²) < 4.78 is 7.36. The fraction of sp³-hybridized carbons (Fsp3) is 0.667. The first-order valence-corrected chi connectivity index (χ1v) is 6.31. The molecule has 1 aliphatic heterocycles. The molecule has 18 heavy (non-hydrogen) atoms. The van der Waals surface area contributed by atoms with Crippen molar-refractivity contribution in [1.82, 2.24) is 20.0 Å². The highest BCUT2D eigenvalue weighted by atomic mass is 16.5. The van der Waals surface area contributed by atoms with Gasteiger partial charge in [-0.15, -0.1) is 0 Å². The first-order valence-electron chi connectivity index (χ1n) is 6.31. The van der Waals surface area contributed by atoms with E-state index in [4.69, 9.17) is 4.74 Å². The number of amides is 1. The van der Waals surface area contributed by atoms with E-state index in [0.29, 0.717) is 32.7 Å². The molecule has 0 radical (unpaired) electrons. The Kier molecular flexibility index (Phi) is 4.72. The van der Waals surface area contributed by atoms with Gasteiger partial charge in [-0.1, -0.05) is 0 Å². The number of morpholine rings is 1. The van der Waals surface area contributed by atoms with Crippen molar-refractivity contribution in [2.24, 2.45) is 0 Å². The van der Waals surface area contributed by atoms with Crippen LogP contribution in [0, 0.1) is 0 Å². The van der Waals surface area contributed by atoms with Crippen molar-refractivity contribution in [2.45, 2.75) is 19.1 Å². The smallest absolute Gasteiger partial charge is 0.224 e. The highest BCUT2D eigenvalue weighted by Gasteiger charge is 2.23. The maximum atomic E-state index is 12.1. The van der Waals surface area contributed by atoms with Crippen LogP contribution in [0.2, 0.25) is 0 Å². The van der Waals surface area contributed by atoms with E-state index in [1.165, 1.54) is 0 Å². The van der Waals surface area contributed by atoms with E-state index in [9.17, 15) is 4.79 Å². The number of nitrogens with zero attached hydrogens (tertiary/aromatic N) is 3. The normalized spacial score (nSPS) is 20.1. The number of hydrogen-bond donors (Lipinski definition) is 1. The number of aromatic nitrogens is 2. The quantitative estimate of drug-likeness (QED) is 0.783. The lowest BCUT2D eigenvalue weighted by Crippen LogP contribution is -2.48. The van der Waals surface area contributed by atoms with E-state index < -0.39 is 0 Å². The van der Waals surface area contributed by atoms with Crippen molar-refractivity contribution in [3.05, 3.63) is 18.5 Å². The van der Waals surface area contributed by atoms with Crippen molar-refractivity contribution in [3.63, 3.8) is 0 Å². The van der Waals surface area contributed by atoms with E-state index >= 15 is 0 Å². The zero-order valence-electron chi connectivity index (χ0n) is 10.7. The molecular weight excluding hydrogens is 232 g/mol. The molecule has 0 bridgehead atoms. The minimum Gasteiger partial charge on any atom is -0.373 e. The monoisotopic (exact) mass is 252 g/mol. The third kappa shape index (κ3) is 3.54. The van der Waals surface area contributed by atoms with Gasteiger partial charge in [0.15, 0.2) is 0 Å². The molecule has 1 fully saturated rings. The number of carbonyl (C=O) groups is 1. The number of ether oxygens (including phenoxy) is 1. The molecule has 1 saturated heterocycles. The summed E-state index contributed by atoms with van der Waals surface area (Å²) in [5.74, 6) is 0.176. The van der Waals surface area contributed by atoms with Gasteiger partial charge in [0.2, 0.25) is 5.91 Å². The molecule has 2 rings (SSSR count). The Hall–Kier alpha value is -1.40. The molecule has 6 heteroatoms. The van der Waals surface area contributed by atoms with Crippen LogP contribution in [0.25, 0.3) is 0 Å². The summed E-state index contributed by atoms with van der Waals surface area (Å²) in [5, 5.41) is 7.16. The van der Waals surface area contributed by atoms with Crippen LogP contribution in [-0.4, -0.2) is 60.0 Å². The third-order valence-corrected chi connectivity index (χ3v) is 3.04. The topological polar surface area (TPSA) is 59.4 Å². The Bertz CT molecular complexity index is 364. The molecule has 0 saturated carbocycles. The minimum absolute atomic E-state index is 0.109. The molecule has 1 N–H and O–H groups in total. The molecule has 0 aliphatic carbocycles. The minimum atomic E-state index is 0.109. The van der Waals surface area contributed by atoms with Crippen molar-refractivity contribution in [1.29, 1.82) is 0 Å². The molecule has 0 aromatic carbocycles. The van der Waals surface area contributed by atoms with Gasteiger partial charge in [0.05, 0.1) is 12.7 Å². The molecule has 2 heterocycles. The average Bonchev–Trinajstić information content (AvgIpc) is 2.90. The van der Waals surface area contributed by atoms with Crippen LogP contribution in [0.3, 0.4) is 0 Å². The summed E-state index contributed by atoms with van der Waals surface area (Å²) in [6.07, 6.45) is 4.20. The zero-order chi connectivity index (χ0) is 12.8. The number of nitrogens with one attached hydrogen (secondary N) is 1. The molecular formula is C12H20N4O2. The van der Waals surface area contributed by atoms with Gasteiger partial charge in [0.1, 0.15) is 0 Å². The van der Waals surface area contributed by atoms with Gasteiger partial charge < -0.3 is 15.0 Å². The Morgan fingerprint density at radius 3 is 3.22 bits per heavy atom.